The second kappa shape index (κ2) is 10.2. The average Bonchev–Trinajstić information content (AvgIpc) is 2.94. The molecule has 0 fully saturated rings. The van der Waals surface area contributed by atoms with Gasteiger partial charge in [-0.15, -0.1) is 10.2 Å². The Morgan fingerprint density at radius 3 is 2.74 bits per heavy atom. The minimum absolute atomic E-state index is 0.341. The van der Waals surface area contributed by atoms with Crippen LogP contribution in [0.15, 0.2) is 23.2 Å². The van der Waals surface area contributed by atoms with Crippen molar-refractivity contribution in [2.45, 2.75) is 32.9 Å². The van der Waals surface area contributed by atoms with Crippen molar-refractivity contribution in [3.05, 3.63) is 47.0 Å². The van der Waals surface area contributed by atoms with Gasteiger partial charge in [0.05, 0.1) is 6.04 Å². The Bertz CT molecular complexity index is 777. The summed E-state index contributed by atoms with van der Waals surface area (Å²) in [5, 5.41) is 14.6. The van der Waals surface area contributed by atoms with E-state index in [1.165, 1.54) is 12.1 Å². The maximum absolute atomic E-state index is 14.0. The molecule has 1 aromatic heterocycles. The van der Waals surface area contributed by atoms with Crippen LogP contribution in [0.5, 0.6) is 0 Å². The van der Waals surface area contributed by atoms with Crippen LogP contribution in [0.25, 0.3) is 0 Å². The lowest BCUT2D eigenvalue weighted by Gasteiger charge is -2.19. The number of nitrogens with zero attached hydrogens (tertiary/aromatic N) is 4. The number of aliphatic imine (C=N–C) groups is 1. The first-order valence-corrected chi connectivity index (χ1v) is 10.2. The standard InChI is InChI=1S/C18H26F2N6S/c1-12(15-7-6-14(19)10-16(15)20)23-18(21-8-5-9-27-4)22-11-17-25-24-13(2)26(17)3/h6-7,10,12H,5,8-9,11H2,1-4H3,(H2,21,22,23). The normalized spacial score (nSPS) is 12.9. The molecule has 0 bridgehead atoms. The fourth-order valence-electron chi connectivity index (χ4n) is 2.45. The zero-order chi connectivity index (χ0) is 19.8. The van der Waals surface area contributed by atoms with E-state index in [-0.39, 0.29) is 6.04 Å². The molecule has 0 radical (unpaired) electrons. The first-order chi connectivity index (χ1) is 12.9. The van der Waals surface area contributed by atoms with Crippen LogP contribution in [0.2, 0.25) is 0 Å². The third-order valence-electron chi connectivity index (χ3n) is 4.16. The molecular formula is C18H26F2N6S. The number of aryl methyl sites for hydroxylation is 1. The third-order valence-corrected chi connectivity index (χ3v) is 4.86. The lowest BCUT2D eigenvalue weighted by molar-refractivity contribution is 0.550. The average molecular weight is 397 g/mol. The largest absolute Gasteiger partial charge is 0.356 e. The Hall–Kier alpha value is -2.16. The third kappa shape index (κ3) is 6.20. The molecule has 2 aromatic rings. The molecular weight excluding hydrogens is 370 g/mol. The monoisotopic (exact) mass is 396 g/mol. The summed E-state index contributed by atoms with van der Waals surface area (Å²) in [7, 11) is 1.88. The molecule has 0 aliphatic heterocycles. The number of guanidine groups is 1. The number of rotatable bonds is 8. The molecule has 2 N–H and O–H groups in total. The predicted octanol–water partition coefficient (Wildman–Crippen LogP) is 2.95. The van der Waals surface area contributed by atoms with Crippen LogP contribution in [0, 0.1) is 18.6 Å². The zero-order valence-corrected chi connectivity index (χ0v) is 16.9. The van der Waals surface area contributed by atoms with Gasteiger partial charge in [-0.2, -0.15) is 11.8 Å². The Kier molecular flexibility index (Phi) is 8.02. The molecule has 1 unspecified atom stereocenters. The highest BCUT2D eigenvalue weighted by Gasteiger charge is 2.14. The van der Waals surface area contributed by atoms with Gasteiger partial charge in [-0.05, 0) is 38.3 Å². The van der Waals surface area contributed by atoms with Gasteiger partial charge in [0, 0.05) is 25.2 Å². The molecule has 9 heteroatoms. The van der Waals surface area contributed by atoms with Crippen molar-refractivity contribution < 1.29 is 8.78 Å². The van der Waals surface area contributed by atoms with Gasteiger partial charge in [-0.25, -0.2) is 13.8 Å². The maximum Gasteiger partial charge on any atom is 0.192 e. The Balaban J connectivity index is 2.10. The lowest BCUT2D eigenvalue weighted by Crippen LogP contribution is -2.39. The number of nitrogens with one attached hydrogen (secondary N) is 2. The molecule has 6 nitrogen and oxygen atoms in total. The first-order valence-electron chi connectivity index (χ1n) is 8.76. The molecule has 1 aromatic carbocycles. The van der Waals surface area contributed by atoms with Crippen molar-refractivity contribution in [1.29, 1.82) is 0 Å². The van der Waals surface area contributed by atoms with Crippen molar-refractivity contribution in [2.75, 3.05) is 18.6 Å². The SMILES string of the molecule is CSCCCNC(=NCc1nnc(C)n1C)NC(C)c1ccc(F)cc1F. The van der Waals surface area contributed by atoms with Crippen molar-refractivity contribution in [3.63, 3.8) is 0 Å². The Morgan fingerprint density at radius 2 is 2.11 bits per heavy atom. The summed E-state index contributed by atoms with van der Waals surface area (Å²) < 4.78 is 29.1. The van der Waals surface area contributed by atoms with Crippen LogP contribution >= 0.6 is 11.8 Å². The van der Waals surface area contributed by atoms with Crippen molar-refractivity contribution in [2.24, 2.45) is 12.0 Å². The number of hydrogen-bond acceptors (Lipinski definition) is 4. The molecule has 1 heterocycles. The van der Waals surface area contributed by atoms with Crippen LogP contribution in [0.3, 0.4) is 0 Å². The highest BCUT2D eigenvalue weighted by Crippen LogP contribution is 2.17. The fourth-order valence-corrected chi connectivity index (χ4v) is 2.88. The molecule has 0 aliphatic rings. The lowest BCUT2D eigenvalue weighted by atomic mass is 10.1. The van der Waals surface area contributed by atoms with Crippen molar-refractivity contribution in [1.82, 2.24) is 25.4 Å². The van der Waals surface area contributed by atoms with E-state index in [2.05, 4.69) is 32.1 Å². The number of aromatic nitrogens is 3. The second-order valence-electron chi connectivity index (χ2n) is 6.19. The molecule has 2 rings (SSSR count). The summed E-state index contributed by atoms with van der Waals surface area (Å²) in [5.74, 6) is 1.95. The number of benzene rings is 1. The minimum atomic E-state index is -0.592. The topological polar surface area (TPSA) is 67.1 Å². The van der Waals surface area contributed by atoms with Gasteiger partial charge in [0.1, 0.15) is 24.0 Å². The molecule has 0 spiro atoms. The zero-order valence-electron chi connectivity index (χ0n) is 16.1. The summed E-state index contributed by atoms with van der Waals surface area (Å²) in [4.78, 5) is 4.55. The maximum atomic E-state index is 14.0. The molecule has 0 saturated heterocycles. The Morgan fingerprint density at radius 1 is 1.33 bits per heavy atom. The predicted molar refractivity (Wildman–Crippen MR) is 106 cm³/mol. The molecule has 27 heavy (non-hydrogen) atoms. The summed E-state index contributed by atoms with van der Waals surface area (Å²) in [6.07, 6.45) is 3.03. The molecule has 1 atom stereocenters. The summed E-state index contributed by atoms with van der Waals surface area (Å²) in [5.41, 5.74) is 0.379. The fraction of sp³-hybridized carbons (Fsp3) is 0.500. The van der Waals surface area contributed by atoms with Gasteiger partial charge >= 0.3 is 0 Å². The van der Waals surface area contributed by atoms with E-state index in [9.17, 15) is 8.78 Å². The first kappa shape index (κ1) is 21.1. The van der Waals surface area contributed by atoms with E-state index >= 15 is 0 Å². The Labute approximate surface area is 162 Å². The van der Waals surface area contributed by atoms with Crippen LogP contribution in [-0.4, -0.2) is 39.3 Å². The van der Waals surface area contributed by atoms with Gasteiger partial charge in [-0.3, -0.25) is 0 Å². The second-order valence-corrected chi connectivity index (χ2v) is 7.18. The van der Waals surface area contributed by atoms with E-state index in [1.807, 2.05) is 25.5 Å². The number of thioether (sulfide) groups is 1. The summed E-state index contributed by atoms with van der Waals surface area (Å²) >= 11 is 1.78. The van der Waals surface area contributed by atoms with Crippen LogP contribution in [0.1, 0.15) is 36.6 Å². The smallest absolute Gasteiger partial charge is 0.192 e. The van der Waals surface area contributed by atoms with Gasteiger partial charge in [-0.1, -0.05) is 6.07 Å². The van der Waals surface area contributed by atoms with Crippen LogP contribution in [0.4, 0.5) is 8.78 Å². The van der Waals surface area contributed by atoms with Gasteiger partial charge in [0.25, 0.3) is 0 Å². The van der Waals surface area contributed by atoms with E-state index in [0.29, 0.717) is 18.1 Å². The molecule has 0 aliphatic carbocycles. The molecule has 0 amide bonds. The van der Waals surface area contributed by atoms with Gasteiger partial charge in [0.15, 0.2) is 11.8 Å². The van der Waals surface area contributed by atoms with E-state index in [4.69, 9.17) is 0 Å². The van der Waals surface area contributed by atoms with E-state index in [0.717, 1.165) is 36.4 Å². The van der Waals surface area contributed by atoms with Gasteiger partial charge in [0.2, 0.25) is 0 Å². The molecule has 0 saturated carbocycles. The van der Waals surface area contributed by atoms with Crippen LogP contribution < -0.4 is 10.6 Å². The van der Waals surface area contributed by atoms with Crippen molar-refractivity contribution >= 4 is 17.7 Å². The minimum Gasteiger partial charge on any atom is -0.356 e. The highest BCUT2D eigenvalue weighted by atomic mass is 32.2. The van der Waals surface area contributed by atoms with E-state index < -0.39 is 11.6 Å². The van der Waals surface area contributed by atoms with Gasteiger partial charge < -0.3 is 15.2 Å². The quantitative estimate of drug-likeness (QED) is 0.408. The van der Waals surface area contributed by atoms with Crippen LogP contribution in [-0.2, 0) is 13.6 Å². The summed E-state index contributed by atoms with van der Waals surface area (Å²) in [6.45, 7) is 4.76. The molecule has 148 valence electrons. The van der Waals surface area contributed by atoms with Crippen molar-refractivity contribution in [3.8, 4) is 0 Å². The van der Waals surface area contributed by atoms with E-state index in [1.54, 1.807) is 11.8 Å². The number of halogens is 2. The highest BCUT2D eigenvalue weighted by molar-refractivity contribution is 7.98. The number of hydrogen-bond donors (Lipinski definition) is 2. The summed E-state index contributed by atoms with van der Waals surface area (Å²) in [6, 6.07) is 3.21.